The minimum atomic E-state index is -3.67. The molecule has 0 saturated carbocycles. The topological polar surface area (TPSA) is 136 Å². The van der Waals surface area contributed by atoms with Crippen molar-refractivity contribution in [1.82, 2.24) is 4.31 Å². The number of hydrogen-bond acceptors (Lipinski definition) is 7. The minimum Gasteiger partial charge on any atom is -0.449 e. The van der Waals surface area contributed by atoms with E-state index in [1.807, 2.05) is 0 Å². The quantitative estimate of drug-likeness (QED) is 0.355. The molecular formula is C22H24FN3O7S. The molecule has 0 spiro atoms. The molecule has 1 N–H and O–H groups in total. The van der Waals surface area contributed by atoms with Gasteiger partial charge in [-0.25, -0.2) is 13.2 Å². The van der Waals surface area contributed by atoms with E-state index in [1.54, 1.807) is 0 Å². The molecule has 0 radical (unpaired) electrons. The van der Waals surface area contributed by atoms with E-state index in [9.17, 15) is 32.5 Å². The number of rotatable bonds is 7. The Labute approximate surface area is 195 Å². The molecule has 2 aromatic carbocycles. The molecule has 34 heavy (non-hydrogen) atoms. The Hall–Kier alpha value is -3.38. The number of anilines is 1. The van der Waals surface area contributed by atoms with Crippen molar-refractivity contribution in [3.05, 3.63) is 64.0 Å². The number of ether oxygens (including phenoxy) is 1. The molecule has 0 aromatic heterocycles. The predicted octanol–water partition coefficient (Wildman–Crippen LogP) is 3.34. The highest BCUT2D eigenvalue weighted by atomic mass is 32.2. The number of sulfonamides is 1. The number of nitrogens with one attached hydrogen (secondary N) is 1. The molecule has 1 aliphatic rings. The molecule has 1 saturated heterocycles. The van der Waals surface area contributed by atoms with Crippen molar-refractivity contribution in [3.8, 4) is 0 Å². The van der Waals surface area contributed by atoms with Crippen molar-refractivity contribution in [2.75, 3.05) is 18.4 Å². The molecule has 1 fully saturated rings. The Bertz CT molecular complexity index is 1190. The van der Waals surface area contributed by atoms with Crippen LogP contribution in [0.25, 0.3) is 0 Å². The van der Waals surface area contributed by atoms with Gasteiger partial charge in [0.25, 0.3) is 5.91 Å². The number of halogens is 1. The fraction of sp³-hybridized carbons (Fsp3) is 0.364. The van der Waals surface area contributed by atoms with Crippen LogP contribution in [0.1, 0.15) is 37.0 Å². The molecule has 1 amide bonds. The van der Waals surface area contributed by atoms with Gasteiger partial charge in [-0.05, 0) is 62.1 Å². The Kier molecular flexibility index (Phi) is 7.62. The van der Waals surface area contributed by atoms with E-state index in [-0.39, 0.29) is 16.1 Å². The van der Waals surface area contributed by atoms with Crippen molar-refractivity contribution in [3.63, 3.8) is 0 Å². The summed E-state index contributed by atoms with van der Waals surface area (Å²) >= 11 is 0. The second-order valence-electron chi connectivity index (χ2n) is 8.07. The van der Waals surface area contributed by atoms with Gasteiger partial charge >= 0.3 is 11.7 Å². The SMILES string of the molecule is CC1CCN(S(=O)(=O)c2ccc(C(=O)OC(C)C(=O)Nc3ccc(F)c([N+](=O)[O-])c3)cc2)CC1. The molecule has 182 valence electrons. The minimum absolute atomic E-state index is 0.0392. The summed E-state index contributed by atoms with van der Waals surface area (Å²) in [6.07, 6.45) is 0.291. The smallest absolute Gasteiger partial charge is 0.338 e. The summed E-state index contributed by atoms with van der Waals surface area (Å²) in [5.74, 6) is -2.22. The number of benzene rings is 2. The molecule has 0 bridgehead atoms. The van der Waals surface area contributed by atoms with Crippen LogP contribution in [0.5, 0.6) is 0 Å². The number of nitro benzene ring substituents is 1. The van der Waals surface area contributed by atoms with Gasteiger partial charge in [0, 0.05) is 24.8 Å². The lowest BCUT2D eigenvalue weighted by Crippen LogP contribution is -2.37. The van der Waals surface area contributed by atoms with Gasteiger partial charge in [-0.1, -0.05) is 6.92 Å². The van der Waals surface area contributed by atoms with Crippen molar-refractivity contribution < 1.29 is 32.1 Å². The van der Waals surface area contributed by atoms with E-state index in [0.717, 1.165) is 31.0 Å². The van der Waals surface area contributed by atoms with Crippen LogP contribution in [0.3, 0.4) is 0 Å². The molecule has 1 atom stereocenters. The van der Waals surface area contributed by atoms with Gasteiger partial charge in [0.2, 0.25) is 15.8 Å². The van der Waals surface area contributed by atoms with Crippen LogP contribution < -0.4 is 5.32 Å². The fourth-order valence-electron chi connectivity index (χ4n) is 3.39. The Morgan fingerprint density at radius 1 is 1.18 bits per heavy atom. The summed E-state index contributed by atoms with van der Waals surface area (Å²) in [6, 6.07) is 8.05. The van der Waals surface area contributed by atoms with Crippen molar-refractivity contribution in [1.29, 1.82) is 0 Å². The first-order valence-electron chi connectivity index (χ1n) is 10.5. The molecule has 1 unspecified atom stereocenters. The highest BCUT2D eigenvalue weighted by Crippen LogP contribution is 2.24. The Balaban J connectivity index is 1.62. The number of amides is 1. The summed E-state index contributed by atoms with van der Waals surface area (Å²) < 4.78 is 45.6. The van der Waals surface area contributed by atoms with E-state index in [4.69, 9.17) is 4.74 Å². The summed E-state index contributed by atoms with van der Waals surface area (Å²) in [7, 11) is -3.67. The zero-order valence-corrected chi connectivity index (χ0v) is 19.4. The number of hydrogen-bond donors (Lipinski definition) is 1. The molecule has 3 rings (SSSR count). The van der Waals surface area contributed by atoms with Crippen LogP contribution in [0.4, 0.5) is 15.8 Å². The lowest BCUT2D eigenvalue weighted by molar-refractivity contribution is -0.387. The number of piperidine rings is 1. The van der Waals surface area contributed by atoms with E-state index in [1.165, 1.54) is 35.5 Å². The van der Waals surface area contributed by atoms with E-state index in [0.29, 0.717) is 19.0 Å². The van der Waals surface area contributed by atoms with Gasteiger partial charge in [-0.15, -0.1) is 0 Å². The number of nitrogens with zero attached hydrogens (tertiary/aromatic N) is 2. The van der Waals surface area contributed by atoms with Crippen LogP contribution >= 0.6 is 0 Å². The average Bonchev–Trinajstić information content (AvgIpc) is 2.80. The predicted molar refractivity (Wildman–Crippen MR) is 120 cm³/mol. The molecule has 1 heterocycles. The molecule has 0 aliphatic carbocycles. The number of nitro groups is 1. The van der Waals surface area contributed by atoms with Crippen LogP contribution in [-0.2, 0) is 19.6 Å². The zero-order valence-electron chi connectivity index (χ0n) is 18.6. The largest absolute Gasteiger partial charge is 0.449 e. The highest BCUT2D eigenvalue weighted by molar-refractivity contribution is 7.89. The third-order valence-corrected chi connectivity index (χ3v) is 7.45. The van der Waals surface area contributed by atoms with Crippen LogP contribution in [0.15, 0.2) is 47.4 Å². The maximum absolute atomic E-state index is 13.4. The maximum atomic E-state index is 13.4. The third-order valence-electron chi connectivity index (χ3n) is 5.53. The number of esters is 1. The molecule has 12 heteroatoms. The lowest BCUT2D eigenvalue weighted by Gasteiger charge is -2.29. The van der Waals surface area contributed by atoms with Gasteiger partial charge in [-0.3, -0.25) is 14.9 Å². The standard InChI is InChI=1S/C22H24FN3O7S/c1-14-9-11-25(12-10-14)34(31,32)18-6-3-16(4-7-18)22(28)33-15(2)21(27)24-17-5-8-19(23)20(13-17)26(29)30/h3-8,13-15H,9-12H2,1-2H3,(H,24,27). The van der Waals surface area contributed by atoms with Gasteiger partial charge in [-0.2, -0.15) is 8.70 Å². The maximum Gasteiger partial charge on any atom is 0.338 e. The third kappa shape index (κ3) is 5.75. The van der Waals surface area contributed by atoms with Crippen molar-refractivity contribution >= 4 is 33.3 Å². The zero-order chi connectivity index (χ0) is 25.0. The van der Waals surface area contributed by atoms with Gasteiger partial charge in [0.05, 0.1) is 15.4 Å². The first-order chi connectivity index (χ1) is 16.0. The molecule has 1 aliphatic heterocycles. The van der Waals surface area contributed by atoms with E-state index in [2.05, 4.69) is 12.2 Å². The van der Waals surface area contributed by atoms with Crippen LogP contribution in [-0.4, -0.2) is 48.7 Å². The summed E-state index contributed by atoms with van der Waals surface area (Å²) in [6.45, 7) is 4.25. The van der Waals surface area contributed by atoms with Crippen molar-refractivity contribution in [2.24, 2.45) is 5.92 Å². The number of carbonyl (C=O) groups is 2. The fourth-order valence-corrected chi connectivity index (χ4v) is 4.86. The molecular weight excluding hydrogens is 469 g/mol. The van der Waals surface area contributed by atoms with Gasteiger partial charge < -0.3 is 10.1 Å². The van der Waals surface area contributed by atoms with Gasteiger partial charge in [0.15, 0.2) is 6.10 Å². The first kappa shape index (κ1) is 25.2. The van der Waals surface area contributed by atoms with Crippen molar-refractivity contribution in [2.45, 2.75) is 37.7 Å². The summed E-state index contributed by atoms with van der Waals surface area (Å²) in [4.78, 5) is 34.6. The molecule has 10 nitrogen and oxygen atoms in total. The lowest BCUT2D eigenvalue weighted by atomic mass is 10.0. The second kappa shape index (κ2) is 10.3. The first-order valence-corrected chi connectivity index (χ1v) is 12.0. The normalized spacial score (nSPS) is 16.0. The monoisotopic (exact) mass is 493 g/mol. The number of carbonyl (C=O) groups excluding carboxylic acids is 2. The van der Waals surface area contributed by atoms with E-state index >= 15 is 0 Å². The van der Waals surface area contributed by atoms with E-state index < -0.39 is 44.4 Å². The highest BCUT2D eigenvalue weighted by Gasteiger charge is 2.28. The van der Waals surface area contributed by atoms with Gasteiger partial charge in [0.1, 0.15) is 0 Å². The summed E-state index contributed by atoms with van der Waals surface area (Å²) in [5, 5.41) is 13.1. The van der Waals surface area contributed by atoms with Crippen LogP contribution in [0.2, 0.25) is 0 Å². The second-order valence-corrected chi connectivity index (χ2v) is 10.0. The Morgan fingerprint density at radius 2 is 1.79 bits per heavy atom. The molecule has 2 aromatic rings. The summed E-state index contributed by atoms with van der Waals surface area (Å²) in [5.41, 5.74) is -0.803. The average molecular weight is 494 g/mol. The Morgan fingerprint density at radius 3 is 2.38 bits per heavy atom. The van der Waals surface area contributed by atoms with Crippen LogP contribution in [0, 0.1) is 21.8 Å².